The van der Waals surface area contributed by atoms with E-state index in [1.807, 2.05) is 44.1 Å². The Bertz CT molecular complexity index is 1090. The van der Waals surface area contributed by atoms with Crippen molar-refractivity contribution >= 4 is 0 Å². The molecule has 0 radical (unpaired) electrons. The highest BCUT2D eigenvalue weighted by Gasteiger charge is 2.25. The molecule has 180 valence electrons. The molecule has 3 heterocycles. The van der Waals surface area contributed by atoms with Crippen molar-refractivity contribution in [3.05, 3.63) is 106 Å². The van der Waals surface area contributed by atoms with Gasteiger partial charge in [-0.1, -0.05) is 18.7 Å². The number of likely N-dealkylation sites (N-methyl/N-ethyl adjacent to an activating group) is 1. The maximum atomic E-state index is 14.3. The van der Waals surface area contributed by atoms with Crippen LogP contribution in [-0.4, -0.2) is 49.2 Å². The van der Waals surface area contributed by atoms with Gasteiger partial charge in [-0.3, -0.25) is 4.90 Å². The molecule has 0 saturated carbocycles. The number of rotatable bonds is 6. The van der Waals surface area contributed by atoms with E-state index in [2.05, 4.69) is 47.3 Å². The van der Waals surface area contributed by atoms with Crippen molar-refractivity contribution < 1.29 is 9.13 Å². The number of piperazine rings is 1. The minimum Gasteiger partial charge on any atom is -0.474 e. The van der Waals surface area contributed by atoms with Crippen molar-refractivity contribution in [3.63, 3.8) is 0 Å². The molecule has 1 unspecified atom stereocenters. The Morgan fingerprint density at radius 1 is 1.21 bits per heavy atom. The second-order valence-electron chi connectivity index (χ2n) is 9.15. The average molecular weight is 463 g/mol. The van der Waals surface area contributed by atoms with Gasteiger partial charge in [0.1, 0.15) is 12.4 Å². The molecule has 3 aliphatic heterocycles. The SMILES string of the molecule is C=C(C)/C(C1=CC(N2CCNCC2)NC=C1)=C1/C=C(C)C=C(OCc2c(C)cccc2F)N1C. The summed E-state index contributed by atoms with van der Waals surface area (Å²) in [6.45, 7) is 14.5. The number of benzene rings is 1. The van der Waals surface area contributed by atoms with Gasteiger partial charge in [0.2, 0.25) is 0 Å². The summed E-state index contributed by atoms with van der Waals surface area (Å²) in [7, 11) is 1.99. The standard InChI is InChI=1S/C28H35FN4O/c1-19(2)28(22-9-10-31-26(17-22)33-13-11-30-12-14-33)25-15-20(3)16-27(32(25)5)34-18-23-21(4)7-6-8-24(23)29/h6-10,15-17,26,30-31H,1,11-14,18H2,2-5H3/b28-25+. The Morgan fingerprint density at radius 3 is 2.68 bits per heavy atom. The number of hydrogen-bond donors (Lipinski definition) is 2. The number of ether oxygens (including phenoxy) is 1. The first-order valence-corrected chi connectivity index (χ1v) is 11.9. The van der Waals surface area contributed by atoms with E-state index in [1.165, 1.54) is 6.07 Å². The Kier molecular flexibility index (Phi) is 7.39. The summed E-state index contributed by atoms with van der Waals surface area (Å²) in [5.41, 5.74) is 6.75. The lowest BCUT2D eigenvalue weighted by atomic mass is 9.93. The van der Waals surface area contributed by atoms with Gasteiger partial charge in [0.25, 0.3) is 0 Å². The third-order valence-corrected chi connectivity index (χ3v) is 6.51. The highest BCUT2D eigenvalue weighted by atomic mass is 19.1. The van der Waals surface area contributed by atoms with Crippen LogP contribution >= 0.6 is 0 Å². The minimum absolute atomic E-state index is 0.145. The van der Waals surface area contributed by atoms with Crippen LogP contribution in [-0.2, 0) is 11.3 Å². The molecule has 1 atom stereocenters. The second-order valence-corrected chi connectivity index (χ2v) is 9.15. The van der Waals surface area contributed by atoms with Crippen LogP contribution < -0.4 is 10.6 Å². The van der Waals surface area contributed by atoms with Crippen molar-refractivity contribution in [3.8, 4) is 0 Å². The lowest BCUT2D eigenvalue weighted by Gasteiger charge is -2.36. The monoisotopic (exact) mass is 462 g/mol. The topological polar surface area (TPSA) is 39.8 Å². The highest BCUT2D eigenvalue weighted by molar-refractivity contribution is 5.58. The van der Waals surface area contributed by atoms with Gasteiger partial charge in [0.15, 0.2) is 5.88 Å². The zero-order valence-electron chi connectivity index (χ0n) is 20.6. The van der Waals surface area contributed by atoms with Crippen molar-refractivity contribution in [2.75, 3.05) is 33.2 Å². The summed E-state index contributed by atoms with van der Waals surface area (Å²) in [6, 6.07) is 5.10. The smallest absolute Gasteiger partial charge is 0.194 e. The molecular weight excluding hydrogens is 427 g/mol. The zero-order chi connectivity index (χ0) is 24.2. The quantitative estimate of drug-likeness (QED) is 0.652. The van der Waals surface area contributed by atoms with E-state index >= 15 is 0 Å². The second kappa shape index (κ2) is 10.5. The normalized spacial score (nSPS) is 22.4. The van der Waals surface area contributed by atoms with Crippen LogP contribution in [0.1, 0.15) is 25.0 Å². The van der Waals surface area contributed by atoms with Crippen LogP contribution in [0.2, 0.25) is 0 Å². The first-order chi connectivity index (χ1) is 16.3. The van der Waals surface area contributed by atoms with E-state index in [0.29, 0.717) is 11.4 Å². The third-order valence-electron chi connectivity index (χ3n) is 6.51. The first-order valence-electron chi connectivity index (χ1n) is 11.9. The molecule has 0 spiro atoms. The van der Waals surface area contributed by atoms with Crippen molar-refractivity contribution in [2.45, 2.75) is 33.5 Å². The Labute approximate surface area is 202 Å². The van der Waals surface area contributed by atoms with Crippen LogP contribution in [0.25, 0.3) is 0 Å². The van der Waals surface area contributed by atoms with Crippen LogP contribution in [0.4, 0.5) is 4.39 Å². The Balaban J connectivity index is 1.63. The van der Waals surface area contributed by atoms with E-state index < -0.39 is 0 Å². The van der Waals surface area contributed by atoms with Gasteiger partial charge >= 0.3 is 0 Å². The van der Waals surface area contributed by atoms with E-state index in [-0.39, 0.29) is 18.6 Å². The number of hydrogen-bond acceptors (Lipinski definition) is 5. The van der Waals surface area contributed by atoms with Gasteiger partial charge in [-0.05, 0) is 73.5 Å². The van der Waals surface area contributed by atoms with Gasteiger partial charge in [0.05, 0.1) is 11.9 Å². The lowest BCUT2D eigenvalue weighted by Crippen LogP contribution is -2.52. The van der Waals surface area contributed by atoms with Gasteiger partial charge in [-0.2, -0.15) is 0 Å². The number of nitrogens with zero attached hydrogens (tertiary/aromatic N) is 2. The van der Waals surface area contributed by atoms with Gasteiger partial charge < -0.3 is 20.3 Å². The molecule has 0 bridgehead atoms. The van der Waals surface area contributed by atoms with E-state index in [9.17, 15) is 4.39 Å². The zero-order valence-corrected chi connectivity index (χ0v) is 20.6. The van der Waals surface area contributed by atoms with E-state index in [0.717, 1.165) is 59.7 Å². The fourth-order valence-corrected chi connectivity index (χ4v) is 4.60. The van der Waals surface area contributed by atoms with Crippen LogP contribution in [0.3, 0.4) is 0 Å². The van der Waals surface area contributed by atoms with Crippen molar-refractivity contribution in [1.29, 1.82) is 0 Å². The molecule has 1 saturated heterocycles. The fraction of sp³-hybridized carbons (Fsp3) is 0.357. The van der Waals surface area contributed by atoms with Crippen LogP contribution in [0.15, 0.2) is 89.2 Å². The predicted octanol–water partition coefficient (Wildman–Crippen LogP) is 4.49. The maximum Gasteiger partial charge on any atom is 0.194 e. The molecular formula is C28H35FN4O. The van der Waals surface area contributed by atoms with Crippen LogP contribution in [0, 0.1) is 12.7 Å². The van der Waals surface area contributed by atoms with Crippen molar-refractivity contribution in [2.24, 2.45) is 0 Å². The Morgan fingerprint density at radius 2 is 1.97 bits per heavy atom. The number of allylic oxidation sites excluding steroid dienone is 7. The summed E-state index contributed by atoms with van der Waals surface area (Å²) >= 11 is 0. The number of dihydropyridines is 1. The summed E-state index contributed by atoms with van der Waals surface area (Å²) in [4.78, 5) is 4.47. The molecule has 1 aromatic rings. The number of aryl methyl sites for hydroxylation is 1. The fourth-order valence-electron chi connectivity index (χ4n) is 4.60. The number of nitrogens with one attached hydrogen (secondary N) is 2. The summed E-state index contributed by atoms with van der Waals surface area (Å²) < 4.78 is 20.5. The lowest BCUT2D eigenvalue weighted by molar-refractivity contribution is 0.129. The van der Waals surface area contributed by atoms with Crippen LogP contribution in [0.5, 0.6) is 0 Å². The van der Waals surface area contributed by atoms with E-state index in [4.69, 9.17) is 4.74 Å². The largest absolute Gasteiger partial charge is 0.474 e. The molecule has 0 amide bonds. The maximum absolute atomic E-state index is 14.3. The minimum atomic E-state index is -0.242. The predicted molar refractivity (Wildman–Crippen MR) is 136 cm³/mol. The third kappa shape index (κ3) is 5.18. The molecule has 1 aromatic carbocycles. The number of halogens is 1. The molecule has 0 aromatic heterocycles. The van der Waals surface area contributed by atoms with Crippen molar-refractivity contribution in [1.82, 2.24) is 20.4 Å². The Hall–Kier alpha value is -3.09. The van der Waals surface area contributed by atoms with Gasteiger partial charge in [-0.15, -0.1) is 0 Å². The summed E-state index contributed by atoms with van der Waals surface area (Å²) in [5, 5.41) is 6.90. The molecule has 3 aliphatic rings. The molecule has 0 aliphatic carbocycles. The highest BCUT2D eigenvalue weighted by Crippen LogP contribution is 2.33. The molecule has 4 rings (SSSR count). The first kappa shape index (κ1) is 24.0. The average Bonchev–Trinajstić information content (AvgIpc) is 2.82. The summed E-state index contributed by atoms with van der Waals surface area (Å²) in [5.74, 6) is 0.447. The van der Waals surface area contributed by atoms with Gasteiger partial charge in [0, 0.05) is 50.4 Å². The molecule has 1 fully saturated rings. The van der Waals surface area contributed by atoms with E-state index in [1.54, 1.807) is 6.07 Å². The molecule has 6 heteroatoms. The molecule has 2 N–H and O–H groups in total. The molecule has 34 heavy (non-hydrogen) atoms. The van der Waals surface area contributed by atoms with Gasteiger partial charge in [-0.25, -0.2) is 4.39 Å². The molecule has 5 nitrogen and oxygen atoms in total. The summed E-state index contributed by atoms with van der Waals surface area (Å²) in [6.07, 6.45) is 10.7.